The molecule has 1 saturated heterocycles. The van der Waals surface area contributed by atoms with Crippen LogP contribution in [0.15, 0.2) is 53.1 Å². The molecular weight excluding hydrogens is 490 g/mol. The SMILES string of the molecule is Cc1ccccc1N1CCN(c2ccc(CNC3CCCC(O)C3)cc2NC(=O)c2coc(C3CC3)n2)CC1. The Balaban J connectivity index is 1.18. The van der Waals surface area contributed by atoms with Crippen molar-refractivity contribution in [2.45, 2.75) is 70.1 Å². The van der Waals surface area contributed by atoms with E-state index in [0.29, 0.717) is 30.1 Å². The molecule has 2 saturated carbocycles. The predicted molar refractivity (Wildman–Crippen MR) is 154 cm³/mol. The molecule has 2 aromatic carbocycles. The van der Waals surface area contributed by atoms with Crippen LogP contribution in [0, 0.1) is 6.92 Å². The number of hydrogen-bond donors (Lipinski definition) is 3. The number of aryl methyl sites for hydroxylation is 1. The summed E-state index contributed by atoms with van der Waals surface area (Å²) in [7, 11) is 0. The van der Waals surface area contributed by atoms with Crippen LogP contribution >= 0.6 is 0 Å². The molecule has 2 aliphatic carbocycles. The minimum atomic E-state index is -0.244. The van der Waals surface area contributed by atoms with E-state index in [1.807, 2.05) is 0 Å². The largest absolute Gasteiger partial charge is 0.448 e. The highest BCUT2D eigenvalue weighted by Crippen LogP contribution is 2.39. The molecule has 8 heteroatoms. The Morgan fingerprint density at radius 3 is 2.54 bits per heavy atom. The van der Waals surface area contributed by atoms with Crippen LogP contribution in [0.1, 0.15) is 71.9 Å². The Morgan fingerprint density at radius 2 is 1.79 bits per heavy atom. The molecule has 3 N–H and O–H groups in total. The second kappa shape index (κ2) is 11.4. The number of nitrogens with zero attached hydrogens (tertiary/aromatic N) is 3. The molecule has 206 valence electrons. The molecule has 1 aromatic heterocycles. The highest BCUT2D eigenvalue weighted by molar-refractivity contribution is 6.04. The van der Waals surface area contributed by atoms with Crippen LogP contribution in [-0.2, 0) is 6.54 Å². The van der Waals surface area contributed by atoms with E-state index in [1.54, 1.807) is 0 Å². The van der Waals surface area contributed by atoms with E-state index in [4.69, 9.17) is 4.42 Å². The first kappa shape index (κ1) is 25.9. The molecule has 2 heterocycles. The fourth-order valence-electron chi connectivity index (χ4n) is 5.88. The maximum absolute atomic E-state index is 13.2. The van der Waals surface area contributed by atoms with Crippen LogP contribution in [0.4, 0.5) is 17.1 Å². The fourth-order valence-corrected chi connectivity index (χ4v) is 5.88. The summed E-state index contributed by atoms with van der Waals surface area (Å²) < 4.78 is 5.58. The Hall–Kier alpha value is -3.36. The minimum absolute atomic E-state index is 0.213. The van der Waals surface area contributed by atoms with Gasteiger partial charge in [-0.05, 0) is 74.8 Å². The number of piperazine rings is 1. The Morgan fingerprint density at radius 1 is 1.03 bits per heavy atom. The number of anilines is 3. The van der Waals surface area contributed by atoms with Crippen molar-refractivity contribution in [3.63, 3.8) is 0 Å². The molecule has 3 aliphatic rings. The first-order valence-electron chi connectivity index (χ1n) is 14.4. The Kier molecular flexibility index (Phi) is 7.57. The van der Waals surface area contributed by atoms with Crippen LogP contribution in [-0.4, -0.2) is 54.3 Å². The van der Waals surface area contributed by atoms with Crippen molar-refractivity contribution in [2.75, 3.05) is 41.3 Å². The van der Waals surface area contributed by atoms with Gasteiger partial charge in [-0.2, -0.15) is 0 Å². The summed E-state index contributed by atoms with van der Waals surface area (Å²) in [6.45, 7) is 6.42. The molecule has 2 atom stereocenters. The number of para-hydroxylation sites is 1. The van der Waals surface area contributed by atoms with Crippen LogP contribution in [0.2, 0.25) is 0 Å². The van der Waals surface area contributed by atoms with E-state index < -0.39 is 0 Å². The second-order valence-corrected chi connectivity index (χ2v) is 11.3. The van der Waals surface area contributed by atoms with Gasteiger partial charge in [0.05, 0.1) is 17.5 Å². The van der Waals surface area contributed by atoms with Gasteiger partial charge in [0.1, 0.15) is 6.26 Å². The quantitative estimate of drug-likeness (QED) is 0.385. The third-order valence-corrected chi connectivity index (χ3v) is 8.31. The normalized spacial score (nSPS) is 21.7. The highest BCUT2D eigenvalue weighted by Gasteiger charge is 2.30. The molecule has 8 nitrogen and oxygen atoms in total. The smallest absolute Gasteiger partial charge is 0.277 e. The van der Waals surface area contributed by atoms with Crippen molar-refractivity contribution >= 4 is 23.0 Å². The first-order valence-corrected chi connectivity index (χ1v) is 14.4. The molecule has 1 aliphatic heterocycles. The minimum Gasteiger partial charge on any atom is -0.448 e. The van der Waals surface area contributed by atoms with Gasteiger partial charge in [-0.25, -0.2) is 4.98 Å². The molecule has 1 amide bonds. The van der Waals surface area contributed by atoms with Crippen molar-refractivity contribution in [1.82, 2.24) is 10.3 Å². The summed E-state index contributed by atoms with van der Waals surface area (Å²) >= 11 is 0. The number of amides is 1. The first-order chi connectivity index (χ1) is 19.0. The van der Waals surface area contributed by atoms with Gasteiger partial charge in [-0.3, -0.25) is 4.79 Å². The van der Waals surface area contributed by atoms with Crippen LogP contribution in [0.5, 0.6) is 0 Å². The van der Waals surface area contributed by atoms with E-state index in [2.05, 4.69) is 74.8 Å². The number of carbonyl (C=O) groups excluding carboxylic acids is 1. The summed E-state index contributed by atoms with van der Waals surface area (Å²) in [5, 5.41) is 16.8. The lowest BCUT2D eigenvalue weighted by Crippen LogP contribution is -2.47. The lowest BCUT2D eigenvalue weighted by Gasteiger charge is -2.38. The van der Waals surface area contributed by atoms with Gasteiger partial charge < -0.3 is 30.0 Å². The van der Waals surface area contributed by atoms with E-state index in [9.17, 15) is 9.90 Å². The molecule has 0 spiro atoms. The number of aromatic nitrogens is 1. The third kappa shape index (κ3) is 6.12. The topological polar surface area (TPSA) is 93.9 Å². The molecular formula is C31H39N5O3. The molecule has 3 fully saturated rings. The van der Waals surface area contributed by atoms with Gasteiger partial charge in [0, 0.05) is 50.4 Å². The number of carbonyl (C=O) groups is 1. The molecule has 6 rings (SSSR count). The Labute approximate surface area is 230 Å². The predicted octanol–water partition coefficient (Wildman–Crippen LogP) is 4.83. The van der Waals surface area contributed by atoms with Crippen molar-refractivity contribution in [3.8, 4) is 0 Å². The van der Waals surface area contributed by atoms with Gasteiger partial charge in [-0.1, -0.05) is 24.3 Å². The lowest BCUT2D eigenvalue weighted by atomic mass is 9.93. The van der Waals surface area contributed by atoms with E-state index >= 15 is 0 Å². The molecule has 3 aromatic rings. The standard InChI is InChI=1S/C31H39N5O3/c1-21-5-2-3-8-28(21)35-13-15-36(16-14-35)29-12-9-22(19-32-24-6-4-7-25(37)18-24)17-26(29)33-30(38)27-20-39-31(34-27)23-10-11-23/h2-3,5,8-9,12,17,20,23-25,32,37H,4,6-7,10-11,13-16,18-19H2,1H3,(H,33,38). The summed E-state index contributed by atoms with van der Waals surface area (Å²) in [5.74, 6) is 0.783. The van der Waals surface area contributed by atoms with Crippen LogP contribution in [0.3, 0.4) is 0 Å². The molecule has 0 radical (unpaired) electrons. The van der Waals surface area contributed by atoms with Crippen molar-refractivity contribution in [2.24, 2.45) is 0 Å². The van der Waals surface area contributed by atoms with E-state index in [-0.39, 0.29) is 12.0 Å². The highest BCUT2D eigenvalue weighted by atomic mass is 16.3. The van der Waals surface area contributed by atoms with Gasteiger partial charge in [0.2, 0.25) is 0 Å². The van der Waals surface area contributed by atoms with Crippen LogP contribution < -0.4 is 20.4 Å². The fraction of sp³-hybridized carbons (Fsp3) is 0.484. The van der Waals surface area contributed by atoms with Crippen molar-refractivity contribution in [3.05, 3.63) is 71.4 Å². The number of oxazole rings is 1. The molecule has 39 heavy (non-hydrogen) atoms. The summed E-state index contributed by atoms with van der Waals surface area (Å²) in [6, 6.07) is 15.2. The monoisotopic (exact) mass is 529 g/mol. The number of benzene rings is 2. The van der Waals surface area contributed by atoms with Gasteiger partial charge in [-0.15, -0.1) is 0 Å². The van der Waals surface area contributed by atoms with E-state index in [0.717, 1.165) is 81.6 Å². The summed E-state index contributed by atoms with van der Waals surface area (Å²) in [6.07, 6.45) is 7.24. The molecule has 2 unspecified atom stereocenters. The zero-order valence-corrected chi connectivity index (χ0v) is 22.7. The second-order valence-electron chi connectivity index (χ2n) is 11.3. The molecule has 0 bridgehead atoms. The zero-order valence-electron chi connectivity index (χ0n) is 22.7. The lowest BCUT2D eigenvalue weighted by molar-refractivity contribution is 0.102. The number of aliphatic hydroxyl groups is 1. The van der Waals surface area contributed by atoms with Crippen LogP contribution in [0.25, 0.3) is 0 Å². The number of hydrogen-bond acceptors (Lipinski definition) is 7. The van der Waals surface area contributed by atoms with Gasteiger partial charge in [0.15, 0.2) is 11.6 Å². The number of rotatable bonds is 8. The Bertz CT molecular complexity index is 1290. The number of aliphatic hydroxyl groups excluding tert-OH is 1. The zero-order chi connectivity index (χ0) is 26.8. The van der Waals surface area contributed by atoms with E-state index in [1.165, 1.54) is 17.5 Å². The third-order valence-electron chi connectivity index (χ3n) is 8.31. The average molecular weight is 530 g/mol. The van der Waals surface area contributed by atoms with Crippen molar-refractivity contribution in [1.29, 1.82) is 0 Å². The maximum Gasteiger partial charge on any atom is 0.277 e. The summed E-state index contributed by atoms with van der Waals surface area (Å²) in [4.78, 5) is 22.5. The number of nitrogens with one attached hydrogen (secondary N) is 2. The maximum atomic E-state index is 13.2. The summed E-state index contributed by atoms with van der Waals surface area (Å²) in [5.41, 5.74) is 5.83. The van der Waals surface area contributed by atoms with Gasteiger partial charge in [0.25, 0.3) is 5.91 Å². The average Bonchev–Trinajstić information content (AvgIpc) is 3.68. The van der Waals surface area contributed by atoms with Gasteiger partial charge >= 0.3 is 0 Å². The van der Waals surface area contributed by atoms with Crippen molar-refractivity contribution < 1.29 is 14.3 Å².